The zero-order valence-electron chi connectivity index (χ0n) is 10.7. The molecule has 0 saturated carbocycles. The lowest BCUT2D eigenvalue weighted by Crippen LogP contribution is -2.00. The molecule has 2 aromatic carbocycles. The Morgan fingerprint density at radius 3 is 2.37 bits per heavy atom. The average molecular weight is 322 g/mol. The third-order valence-corrected chi connectivity index (χ3v) is 3.58. The highest BCUT2D eigenvalue weighted by Gasteiger charge is 2.02. The first-order chi connectivity index (χ1) is 9.22. The van der Waals surface area contributed by atoms with Crippen LogP contribution in [0.2, 0.25) is 0 Å². The SMILES string of the molecule is COc1ccc(COc2ccc(Br)c(CN)c2)cc1. The fraction of sp³-hybridized carbons (Fsp3) is 0.200. The van der Waals surface area contributed by atoms with Crippen molar-refractivity contribution in [3.63, 3.8) is 0 Å². The molecule has 2 N–H and O–H groups in total. The Labute approximate surface area is 121 Å². The van der Waals surface area contributed by atoms with Crippen LogP contribution in [0.4, 0.5) is 0 Å². The monoisotopic (exact) mass is 321 g/mol. The number of methoxy groups -OCH3 is 1. The van der Waals surface area contributed by atoms with Crippen molar-refractivity contribution in [2.45, 2.75) is 13.2 Å². The third-order valence-electron chi connectivity index (χ3n) is 2.80. The van der Waals surface area contributed by atoms with E-state index in [2.05, 4.69) is 15.9 Å². The summed E-state index contributed by atoms with van der Waals surface area (Å²) >= 11 is 3.45. The smallest absolute Gasteiger partial charge is 0.120 e. The van der Waals surface area contributed by atoms with E-state index in [-0.39, 0.29) is 0 Å². The lowest BCUT2D eigenvalue weighted by atomic mass is 10.2. The van der Waals surface area contributed by atoms with Gasteiger partial charge in [0.1, 0.15) is 18.1 Å². The van der Waals surface area contributed by atoms with Gasteiger partial charge in [0.05, 0.1) is 7.11 Å². The van der Waals surface area contributed by atoms with E-state index >= 15 is 0 Å². The van der Waals surface area contributed by atoms with Crippen LogP contribution in [0.5, 0.6) is 11.5 Å². The van der Waals surface area contributed by atoms with Crippen LogP contribution < -0.4 is 15.2 Å². The molecule has 0 aliphatic heterocycles. The van der Waals surface area contributed by atoms with Crippen LogP contribution >= 0.6 is 15.9 Å². The minimum atomic E-state index is 0.486. The highest BCUT2D eigenvalue weighted by atomic mass is 79.9. The van der Waals surface area contributed by atoms with E-state index in [0.717, 1.165) is 27.1 Å². The Morgan fingerprint density at radius 2 is 1.74 bits per heavy atom. The minimum absolute atomic E-state index is 0.486. The van der Waals surface area contributed by atoms with Crippen molar-refractivity contribution in [3.8, 4) is 11.5 Å². The van der Waals surface area contributed by atoms with Crippen molar-refractivity contribution in [2.24, 2.45) is 5.73 Å². The van der Waals surface area contributed by atoms with Crippen molar-refractivity contribution in [1.29, 1.82) is 0 Å². The molecule has 19 heavy (non-hydrogen) atoms. The van der Waals surface area contributed by atoms with E-state index in [9.17, 15) is 0 Å². The fourth-order valence-corrected chi connectivity index (χ4v) is 2.09. The molecule has 0 fully saturated rings. The lowest BCUT2D eigenvalue weighted by molar-refractivity contribution is 0.305. The summed E-state index contributed by atoms with van der Waals surface area (Å²) in [5.74, 6) is 1.66. The number of hydrogen-bond acceptors (Lipinski definition) is 3. The zero-order chi connectivity index (χ0) is 13.7. The topological polar surface area (TPSA) is 44.5 Å². The highest BCUT2D eigenvalue weighted by molar-refractivity contribution is 9.10. The van der Waals surface area contributed by atoms with Gasteiger partial charge in [0.2, 0.25) is 0 Å². The van der Waals surface area contributed by atoms with Gasteiger partial charge in [-0.25, -0.2) is 0 Å². The Morgan fingerprint density at radius 1 is 1.05 bits per heavy atom. The van der Waals surface area contributed by atoms with Gasteiger partial charge in [0.15, 0.2) is 0 Å². The van der Waals surface area contributed by atoms with Gasteiger partial charge in [-0.3, -0.25) is 0 Å². The fourth-order valence-electron chi connectivity index (χ4n) is 1.69. The number of hydrogen-bond donors (Lipinski definition) is 1. The maximum absolute atomic E-state index is 5.75. The number of ether oxygens (including phenoxy) is 2. The molecule has 0 aromatic heterocycles. The van der Waals surface area contributed by atoms with Crippen molar-refractivity contribution in [3.05, 3.63) is 58.1 Å². The second kappa shape index (κ2) is 6.59. The molecule has 0 aliphatic carbocycles. The summed E-state index contributed by atoms with van der Waals surface area (Å²) in [5, 5.41) is 0. The van der Waals surface area contributed by atoms with E-state index < -0.39 is 0 Å². The van der Waals surface area contributed by atoms with Crippen molar-refractivity contribution in [1.82, 2.24) is 0 Å². The minimum Gasteiger partial charge on any atom is -0.497 e. The molecule has 100 valence electrons. The summed E-state index contributed by atoms with van der Waals surface area (Å²) in [7, 11) is 1.65. The lowest BCUT2D eigenvalue weighted by Gasteiger charge is -2.09. The molecule has 0 radical (unpaired) electrons. The predicted octanol–water partition coefficient (Wildman–Crippen LogP) is 3.50. The van der Waals surface area contributed by atoms with Crippen LogP contribution in [0.1, 0.15) is 11.1 Å². The van der Waals surface area contributed by atoms with Gasteiger partial charge >= 0.3 is 0 Å². The Balaban J connectivity index is 2.01. The Hall–Kier alpha value is -1.52. The number of rotatable bonds is 5. The maximum Gasteiger partial charge on any atom is 0.120 e. The summed E-state index contributed by atoms with van der Waals surface area (Å²) in [4.78, 5) is 0. The summed E-state index contributed by atoms with van der Waals surface area (Å²) in [6.45, 7) is 1.01. The van der Waals surface area contributed by atoms with Crippen LogP contribution in [0.3, 0.4) is 0 Å². The molecule has 0 saturated heterocycles. The predicted molar refractivity (Wildman–Crippen MR) is 79.4 cm³/mol. The van der Waals surface area contributed by atoms with Gasteiger partial charge in [-0.15, -0.1) is 0 Å². The summed E-state index contributed by atoms with van der Waals surface area (Å²) in [5.41, 5.74) is 7.79. The number of halogens is 1. The molecule has 0 aliphatic rings. The van der Waals surface area contributed by atoms with Gasteiger partial charge < -0.3 is 15.2 Å². The molecule has 3 nitrogen and oxygen atoms in total. The second-order valence-electron chi connectivity index (χ2n) is 4.09. The quantitative estimate of drug-likeness (QED) is 0.916. The first kappa shape index (κ1) is 13.9. The van der Waals surface area contributed by atoms with Crippen LogP contribution in [0.25, 0.3) is 0 Å². The van der Waals surface area contributed by atoms with Crippen LogP contribution in [-0.4, -0.2) is 7.11 Å². The summed E-state index contributed by atoms with van der Waals surface area (Å²) in [6, 6.07) is 13.6. The Kier molecular flexibility index (Phi) is 4.82. The molecule has 2 aromatic rings. The van der Waals surface area contributed by atoms with Crippen molar-refractivity contribution in [2.75, 3.05) is 7.11 Å². The van der Waals surface area contributed by atoms with Crippen molar-refractivity contribution < 1.29 is 9.47 Å². The van der Waals surface area contributed by atoms with Crippen LogP contribution in [0.15, 0.2) is 46.9 Å². The molecular formula is C15H16BrNO2. The second-order valence-corrected chi connectivity index (χ2v) is 4.95. The zero-order valence-corrected chi connectivity index (χ0v) is 12.3. The largest absolute Gasteiger partial charge is 0.497 e. The number of benzene rings is 2. The van der Waals surface area contributed by atoms with E-state index in [0.29, 0.717) is 13.2 Å². The highest BCUT2D eigenvalue weighted by Crippen LogP contribution is 2.23. The van der Waals surface area contributed by atoms with Gasteiger partial charge in [-0.1, -0.05) is 28.1 Å². The third kappa shape index (κ3) is 3.72. The van der Waals surface area contributed by atoms with Crippen LogP contribution in [-0.2, 0) is 13.2 Å². The van der Waals surface area contributed by atoms with Crippen LogP contribution in [0, 0.1) is 0 Å². The maximum atomic E-state index is 5.75. The molecule has 0 atom stereocenters. The molecular weight excluding hydrogens is 306 g/mol. The molecule has 0 amide bonds. The molecule has 0 spiro atoms. The van der Waals surface area contributed by atoms with Gasteiger partial charge in [-0.2, -0.15) is 0 Å². The van der Waals surface area contributed by atoms with E-state index in [1.807, 2.05) is 42.5 Å². The molecule has 0 heterocycles. The van der Waals surface area contributed by atoms with E-state index in [4.69, 9.17) is 15.2 Å². The van der Waals surface area contributed by atoms with Gasteiger partial charge in [0.25, 0.3) is 0 Å². The Bertz CT molecular complexity index is 540. The molecule has 2 rings (SSSR count). The molecule has 4 heteroatoms. The normalized spacial score (nSPS) is 10.3. The first-order valence-corrected chi connectivity index (χ1v) is 6.76. The standard InChI is InChI=1S/C15H16BrNO2/c1-18-13-4-2-11(3-5-13)10-19-14-6-7-15(16)12(8-14)9-17/h2-8H,9-10,17H2,1H3. The average Bonchev–Trinajstić information content (AvgIpc) is 2.47. The molecule has 0 bridgehead atoms. The summed E-state index contributed by atoms with van der Waals surface area (Å²) in [6.07, 6.45) is 0. The first-order valence-electron chi connectivity index (χ1n) is 5.97. The van der Waals surface area contributed by atoms with E-state index in [1.54, 1.807) is 7.11 Å². The number of nitrogens with two attached hydrogens (primary N) is 1. The van der Waals surface area contributed by atoms with E-state index in [1.165, 1.54) is 0 Å². The van der Waals surface area contributed by atoms with Gasteiger partial charge in [0, 0.05) is 11.0 Å². The summed E-state index contributed by atoms with van der Waals surface area (Å²) < 4.78 is 11.9. The molecule has 0 unspecified atom stereocenters. The van der Waals surface area contributed by atoms with Crippen molar-refractivity contribution >= 4 is 15.9 Å². The van der Waals surface area contributed by atoms with Gasteiger partial charge in [-0.05, 0) is 41.5 Å².